The van der Waals surface area contributed by atoms with Gasteiger partial charge in [0.15, 0.2) is 0 Å². The Morgan fingerprint density at radius 3 is 2.43 bits per heavy atom. The van der Waals surface area contributed by atoms with Crippen molar-refractivity contribution in [3.05, 3.63) is 59.1 Å². The van der Waals surface area contributed by atoms with Gasteiger partial charge in [-0.25, -0.2) is 0 Å². The van der Waals surface area contributed by atoms with Crippen LogP contribution in [0.4, 0.5) is 11.4 Å². The van der Waals surface area contributed by atoms with Gasteiger partial charge in [0.2, 0.25) is 11.8 Å². The number of anilines is 2. The minimum absolute atomic E-state index is 0.170. The van der Waals surface area contributed by atoms with E-state index in [4.69, 9.17) is 11.6 Å². The highest BCUT2D eigenvalue weighted by Gasteiger charge is 2.37. The van der Waals surface area contributed by atoms with Crippen LogP contribution in [-0.2, 0) is 9.59 Å². The molecule has 3 rings (SSSR count). The number of nitrogens with zero attached hydrogens (tertiary/aromatic N) is 1. The van der Waals surface area contributed by atoms with E-state index in [-0.39, 0.29) is 11.8 Å². The van der Waals surface area contributed by atoms with Crippen LogP contribution in [0.15, 0.2) is 48.5 Å². The molecule has 5 heteroatoms. The van der Waals surface area contributed by atoms with Crippen LogP contribution in [0, 0.1) is 12.8 Å². The first kappa shape index (κ1) is 15.6. The summed E-state index contributed by atoms with van der Waals surface area (Å²) in [5.74, 6) is -1.07. The first-order chi connectivity index (χ1) is 11.0. The second-order valence-electron chi connectivity index (χ2n) is 5.66. The minimum Gasteiger partial charge on any atom is -0.325 e. The first-order valence-corrected chi connectivity index (χ1v) is 7.87. The van der Waals surface area contributed by atoms with Gasteiger partial charge < -0.3 is 10.2 Å². The van der Waals surface area contributed by atoms with Crippen LogP contribution < -0.4 is 10.2 Å². The van der Waals surface area contributed by atoms with Gasteiger partial charge in [-0.3, -0.25) is 9.59 Å². The molecule has 1 atom stereocenters. The topological polar surface area (TPSA) is 49.4 Å². The Morgan fingerprint density at radius 1 is 1.13 bits per heavy atom. The molecule has 23 heavy (non-hydrogen) atoms. The molecular weight excluding hydrogens is 312 g/mol. The van der Waals surface area contributed by atoms with Crippen LogP contribution in [0.5, 0.6) is 0 Å². The van der Waals surface area contributed by atoms with E-state index in [0.717, 1.165) is 11.3 Å². The molecule has 4 nitrogen and oxygen atoms in total. The largest absolute Gasteiger partial charge is 0.325 e. The van der Waals surface area contributed by atoms with E-state index in [9.17, 15) is 9.59 Å². The van der Waals surface area contributed by atoms with Crippen molar-refractivity contribution in [1.82, 2.24) is 0 Å². The van der Waals surface area contributed by atoms with Crippen molar-refractivity contribution in [3.8, 4) is 0 Å². The molecule has 0 spiro atoms. The highest BCUT2D eigenvalue weighted by Crippen LogP contribution is 2.27. The Balaban J connectivity index is 1.69. The molecule has 1 heterocycles. The third kappa shape index (κ3) is 3.37. The average molecular weight is 329 g/mol. The van der Waals surface area contributed by atoms with E-state index in [1.54, 1.807) is 29.2 Å². The summed E-state index contributed by atoms with van der Waals surface area (Å²) in [5.41, 5.74) is 2.59. The van der Waals surface area contributed by atoms with E-state index >= 15 is 0 Å². The van der Waals surface area contributed by atoms with Gasteiger partial charge in [0.05, 0.1) is 0 Å². The van der Waals surface area contributed by atoms with Gasteiger partial charge in [0.25, 0.3) is 0 Å². The summed E-state index contributed by atoms with van der Waals surface area (Å²) in [6, 6.07) is 14.6. The Morgan fingerprint density at radius 2 is 1.78 bits per heavy atom. The van der Waals surface area contributed by atoms with Crippen LogP contribution >= 0.6 is 11.6 Å². The number of rotatable bonds is 3. The maximum atomic E-state index is 12.5. The van der Waals surface area contributed by atoms with Crippen LogP contribution in [0.2, 0.25) is 5.02 Å². The number of hydrogen-bond acceptors (Lipinski definition) is 2. The summed E-state index contributed by atoms with van der Waals surface area (Å²) in [4.78, 5) is 26.5. The zero-order chi connectivity index (χ0) is 16.4. The smallest absolute Gasteiger partial charge is 0.239 e. The highest BCUT2D eigenvalue weighted by molar-refractivity contribution is 6.30. The lowest BCUT2D eigenvalue weighted by atomic mass is 10.1. The quantitative estimate of drug-likeness (QED) is 0.874. The number of carbonyl (C=O) groups is 2. The first-order valence-electron chi connectivity index (χ1n) is 7.49. The van der Waals surface area contributed by atoms with Gasteiger partial charge in [-0.1, -0.05) is 29.3 Å². The summed E-state index contributed by atoms with van der Waals surface area (Å²) in [7, 11) is 0. The van der Waals surface area contributed by atoms with E-state index < -0.39 is 5.92 Å². The van der Waals surface area contributed by atoms with Gasteiger partial charge in [-0.15, -0.1) is 0 Å². The highest BCUT2D eigenvalue weighted by atomic mass is 35.5. The third-order valence-corrected chi connectivity index (χ3v) is 4.23. The molecule has 1 aliphatic rings. The zero-order valence-electron chi connectivity index (χ0n) is 12.8. The number of benzene rings is 2. The molecule has 0 radical (unpaired) electrons. The normalized spacial score (nSPS) is 17.4. The van der Waals surface area contributed by atoms with Crippen LogP contribution in [0.1, 0.15) is 12.0 Å². The molecule has 0 bridgehead atoms. The van der Waals surface area contributed by atoms with Crippen LogP contribution in [0.25, 0.3) is 0 Å². The molecule has 118 valence electrons. The van der Waals surface area contributed by atoms with Crippen molar-refractivity contribution in [2.75, 3.05) is 16.8 Å². The summed E-state index contributed by atoms with van der Waals surface area (Å²) in [5, 5.41) is 3.43. The fourth-order valence-electron chi connectivity index (χ4n) is 2.67. The van der Waals surface area contributed by atoms with Crippen molar-refractivity contribution in [1.29, 1.82) is 0 Å². The van der Waals surface area contributed by atoms with Gasteiger partial charge in [0.1, 0.15) is 5.92 Å². The fourth-order valence-corrected chi connectivity index (χ4v) is 2.79. The summed E-state index contributed by atoms with van der Waals surface area (Å²) >= 11 is 5.87. The number of aryl methyl sites for hydroxylation is 1. The maximum absolute atomic E-state index is 12.5. The lowest BCUT2D eigenvalue weighted by molar-refractivity contribution is -0.129. The molecule has 1 unspecified atom stereocenters. The van der Waals surface area contributed by atoms with Crippen molar-refractivity contribution in [2.45, 2.75) is 13.3 Å². The van der Waals surface area contributed by atoms with Gasteiger partial charge >= 0.3 is 0 Å². The van der Waals surface area contributed by atoms with Gasteiger partial charge in [0, 0.05) is 22.9 Å². The van der Waals surface area contributed by atoms with Crippen molar-refractivity contribution in [3.63, 3.8) is 0 Å². The maximum Gasteiger partial charge on any atom is 0.239 e. The lowest BCUT2D eigenvalue weighted by Gasteiger charge is -2.17. The minimum atomic E-state index is -0.646. The monoisotopic (exact) mass is 328 g/mol. The number of amides is 2. The standard InChI is InChI=1S/C18H17ClN2O2/c1-12-2-6-14(7-3-12)20-17(22)16-10-11-21(18(16)23)15-8-4-13(19)5-9-15/h2-9,16H,10-11H2,1H3,(H,20,22). The zero-order valence-corrected chi connectivity index (χ0v) is 13.5. The molecule has 1 saturated heterocycles. The Kier molecular flexibility index (Phi) is 4.35. The van der Waals surface area contributed by atoms with Gasteiger partial charge in [-0.05, 0) is 49.7 Å². The van der Waals surface area contributed by atoms with E-state index in [1.165, 1.54) is 0 Å². The number of hydrogen-bond donors (Lipinski definition) is 1. The molecule has 0 saturated carbocycles. The summed E-state index contributed by atoms with van der Waals surface area (Å²) in [6.45, 7) is 2.52. The van der Waals surface area contributed by atoms with Crippen molar-refractivity contribution >= 4 is 34.8 Å². The van der Waals surface area contributed by atoms with Crippen molar-refractivity contribution in [2.24, 2.45) is 5.92 Å². The predicted molar refractivity (Wildman–Crippen MR) is 91.7 cm³/mol. The third-order valence-electron chi connectivity index (χ3n) is 3.98. The molecule has 2 amide bonds. The van der Waals surface area contributed by atoms with Crippen molar-refractivity contribution < 1.29 is 9.59 Å². The van der Waals surface area contributed by atoms with Crippen LogP contribution in [0.3, 0.4) is 0 Å². The van der Waals surface area contributed by atoms with E-state index in [0.29, 0.717) is 23.7 Å². The Labute approximate surface area is 140 Å². The summed E-state index contributed by atoms with van der Waals surface area (Å²) in [6.07, 6.45) is 0.513. The van der Waals surface area contributed by atoms with E-state index in [1.807, 2.05) is 31.2 Å². The molecular formula is C18H17ClN2O2. The molecule has 2 aromatic rings. The lowest BCUT2D eigenvalue weighted by Crippen LogP contribution is -2.33. The number of nitrogens with one attached hydrogen (secondary N) is 1. The second-order valence-corrected chi connectivity index (χ2v) is 6.10. The molecule has 1 N–H and O–H groups in total. The molecule has 0 aliphatic carbocycles. The number of carbonyl (C=O) groups excluding carboxylic acids is 2. The van der Waals surface area contributed by atoms with E-state index in [2.05, 4.69) is 5.32 Å². The molecule has 1 aliphatic heterocycles. The van der Waals surface area contributed by atoms with Crippen LogP contribution in [-0.4, -0.2) is 18.4 Å². The SMILES string of the molecule is Cc1ccc(NC(=O)C2CCN(c3ccc(Cl)cc3)C2=O)cc1. The second kappa shape index (κ2) is 6.42. The Hall–Kier alpha value is -2.33. The molecule has 0 aromatic heterocycles. The fraction of sp³-hybridized carbons (Fsp3) is 0.222. The summed E-state index contributed by atoms with van der Waals surface area (Å²) < 4.78 is 0. The molecule has 1 fully saturated rings. The Bertz CT molecular complexity index is 726. The van der Waals surface area contributed by atoms with Gasteiger partial charge in [-0.2, -0.15) is 0 Å². The number of halogens is 1. The molecule has 2 aromatic carbocycles. The average Bonchev–Trinajstić information content (AvgIpc) is 2.92. The predicted octanol–water partition coefficient (Wildman–Crippen LogP) is 3.64.